The monoisotopic (exact) mass is 170 g/mol. The van der Waals surface area contributed by atoms with Crippen LogP contribution < -0.4 is 0 Å². The summed E-state index contributed by atoms with van der Waals surface area (Å²) in [5.74, 6) is 0. The molecule has 2 bridgehead atoms. The fraction of sp³-hybridized carbons (Fsp3) is 1.00. The van der Waals surface area contributed by atoms with E-state index in [-0.39, 0.29) is 6.10 Å². The summed E-state index contributed by atoms with van der Waals surface area (Å²) < 4.78 is 6.65. The summed E-state index contributed by atoms with van der Waals surface area (Å²) in [6.45, 7) is 0. The first kappa shape index (κ1) is 7.30. The highest BCUT2D eigenvalue weighted by atomic mass is 16.6. The molecule has 0 spiro atoms. The number of likely N-dealkylation sites (N-methyl/N-ethyl adjacent to an activating group) is 1. The standard InChI is InChI=1S/C9H16NO2/c1-10(2)6-3-5(11)4-7(10)9-8(6)12-9/h5-9,11H,3-4H2,1-2H3/q+1/t5?,6-,7?,8-,9?/m0/s1. The van der Waals surface area contributed by atoms with Crippen molar-refractivity contribution < 1.29 is 14.3 Å². The third-order valence-electron chi connectivity index (χ3n) is 4.06. The summed E-state index contributed by atoms with van der Waals surface area (Å²) in [5, 5.41) is 9.60. The maximum Gasteiger partial charge on any atom is 0.142 e. The van der Waals surface area contributed by atoms with Crippen molar-refractivity contribution in [2.75, 3.05) is 14.1 Å². The van der Waals surface area contributed by atoms with Gasteiger partial charge in [0.1, 0.15) is 24.3 Å². The number of hydrogen-bond donors (Lipinski definition) is 1. The van der Waals surface area contributed by atoms with E-state index >= 15 is 0 Å². The lowest BCUT2D eigenvalue weighted by Crippen LogP contribution is -2.59. The van der Waals surface area contributed by atoms with Crippen LogP contribution in [0, 0.1) is 0 Å². The van der Waals surface area contributed by atoms with Gasteiger partial charge in [0.25, 0.3) is 0 Å². The largest absolute Gasteiger partial charge is 0.393 e. The molecule has 5 atom stereocenters. The minimum Gasteiger partial charge on any atom is -0.393 e. The predicted octanol–water partition coefficient (Wildman–Crippen LogP) is -0.264. The van der Waals surface area contributed by atoms with Crippen molar-refractivity contribution in [3.05, 3.63) is 0 Å². The smallest absolute Gasteiger partial charge is 0.142 e. The summed E-state index contributed by atoms with van der Waals surface area (Å²) in [4.78, 5) is 0. The van der Waals surface area contributed by atoms with Crippen LogP contribution in [-0.2, 0) is 4.74 Å². The fourth-order valence-electron chi connectivity index (χ4n) is 3.22. The van der Waals surface area contributed by atoms with Crippen LogP contribution in [0.3, 0.4) is 0 Å². The van der Waals surface area contributed by atoms with Gasteiger partial charge in [-0.05, 0) is 0 Å². The second-order valence-electron chi connectivity index (χ2n) is 4.95. The van der Waals surface area contributed by atoms with Gasteiger partial charge in [0.2, 0.25) is 0 Å². The topological polar surface area (TPSA) is 32.8 Å². The van der Waals surface area contributed by atoms with Crippen LogP contribution in [-0.4, -0.2) is 54.1 Å². The maximum atomic E-state index is 9.60. The van der Waals surface area contributed by atoms with E-state index < -0.39 is 0 Å². The second kappa shape index (κ2) is 1.86. The summed E-state index contributed by atoms with van der Waals surface area (Å²) in [7, 11) is 4.55. The van der Waals surface area contributed by atoms with Crippen LogP contribution in [0.25, 0.3) is 0 Å². The van der Waals surface area contributed by atoms with Gasteiger partial charge in [0.05, 0.1) is 20.2 Å². The Balaban J connectivity index is 1.96. The van der Waals surface area contributed by atoms with E-state index in [4.69, 9.17) is 4.74 Å². The number of aliphatic hydroxyl groups is 1. The van der Waals surface area contributed by atoms with E-state index in [0.29, 0.717) is 24.3 Å². The molecule has 1 N–H and O–H groups in total. The van der Waals surface area contributed by atoms with Crippen LogP contribution in [0.2, 0.25) is 0 Å². The van der Waals surface area contributed by atoms with Crippen molar-refractivity contribution in [1.82, 2.24) is 0 Å². The molecule has 0 saturated carbocycles. The first-order valence-corrected chi connectivity index (χ1v) is 4.77. The maximum absolute atomic E-state index is 9.60. The molecule has 3 aliphatic rings. The number of fused-ring (bicyclic) bond motifs is 5. The minimum atomic E-state index is -0.0671. The third-order valence-corrected chi connectivity index (χ3v) is 4.06. The molecule has 0 amide bonds. The second-order valence-corrected chi connectivity index (χ2v) is 4.95. The molecule has 68 valence electrons. The molecule has 0 aliphatic carbocycles. The van der Waals surface area contributed by atoms with Gasteiger partial charge in [-0.2, -0.15) is 0 Å². The van der Waals surface area contributed by atoms with Crippen molar-refractivity contribution in [2.24, 2.45) is 0 Å². The van der Waals surface area contributed by atoms with Crippen molar-refractivity contribution in [2.45, 2.75) is 43.2 Å². The highest BCUT2D eigenvalue weighted by Crippen LogP contribution is 2.50. The Morgan fingerprint density at radius 1 is 1.17 bits per heavy atom. The van der Waals surface area contributed by atoms with Gasteiger partial charge >= 0.3 is 0 Å². The van der Waals surface area contributed by atoms with E-state index in [1.807, 2.05) is 0 Å². The number of ether oxygens (including phenoxy) is 1. The van der Waals surface area contributed by atoms with Crippen LogP contribution in [0.4, 0.5) is 0 Å². The minimum absolute atomic E-state index is 0.0671. The van der Waals surface area contributed by atoms with Gasteiger partial charge < -0.3 is 14.3 Å². The molecule has 3 heterocycles. The number of epoxide rings is 1. The van der Waals surface area contributed by atoms with Crippen molar-refractivity contribution in [3.63, 3.8) is 0 Å². The highest BCUT2D eigenvalue weighted by Gasteiger charge is 2.70. The van der Waals surface area contributed by atoms with E-state index in [1.165, 1.54) is 0 Å². The molecule has 0 aromatic rings. The van der Waals surface area contributed by atoms with Gasteiger partial charge in [-0.3, -0.25) is 0 Å². The van der Waals surface area contributed by atoms with Crippen LogP contribution in [0.1, 0.15) is 12.8 Å². The molecular weight excluding hydrogens is 154 g/mol. The zero-order valence-corrected chi connectivity index (χ0v) is 7.60. The number of aliphatic hydroxyl groups excluding tert-OH is 1. The van der Waals surface area contributed by atoms with Gasteiger partial charge in [0.15, 0.2) is 0 Å². The Hall–Kier alpha value is -0.120. The Kier molecular flexibility index (Phi) is 1.13. The van der Waals surface area contributed by atoms with Crippen molar-refractivity contribution in [3.8, 4) is 0 Å². The van der Waals surface area contributed by atoms with E-state index in [2.05, 4.69) is 14.1 Å². The predicted molar refractivity (Wildman–Crippen MR) is 43.6 cm³/mol. The van der Waals surface area contributed by atoms with Crippen LogP contribution in [0.5, 0.6) is 0 Å². The van der Waals surface area contributed by atoms with Gasteiger partial charge in [-0.15, -0.1) is 0 Å². The number of hydrogen-bond acceptors (Lipinski definition) is 2. The molecule has 12 heavy (non-hydrogen) atoms. The Labute approximate surface area is 72.5 Å². The summed E-state index contributed by atoms with van der Waals surface area (Å²) in [6.07, 6.45) is 2.75. The molecular formula is C9H16NO2+. The lowest BCUT2D eigenvalue weighted by atomic mass is 9.97. The molecule has 3 saturated heterocycles. The quantitative estimate of drug-likeness (QED) is 0.401. The lowest BCUT2D eigenvalue weighted by molar-refractivity contribution is -0.938. The zero-order valence-electron chi connectivity index (χ0n) is 7.60. The molecule has 3 aliphatic heterocycles. The Morgan fingerprint density at radius 3 is 2.17 bits per heavy atom. The average molecular weight is 170 g/mol. The van der Waals surface area contributed by atoms with Gasteiger partial charge in [0, 0.05) is 12.8 Å². The SMILES string of the molecule is C[N+]1(C)C2CC(O)C[C@H]1[C@@H]1OC21. The van der Waals surface area contributed by atoms with Crippen molar-refractivity contribution in [1.29, 1.82) is 0 Å². The molecule has 3 heteroatoms. The first-order valence-electron chi connectivity index (χ1n) is 4.77. The normalized spacial score (nSPS) is 59.8. The number of morpholine rings is 1. The lowest BCUT2D eigenvalue weighted by Gasteiger charge is -2.44. The molecule has 0 aromatic carbocycles. The van der Waals surface area contributed by atoms with Gasteiger partial charge in [-0.25, -0.2) is 0 Å². The van der Waals surface area contributed by atoms with Crippen molar-refractivity contribution >= 4 is 0 Å². The summed E-state index contributed by atoms with van der Waals surface area (Å²) >= 11 is 0. The number of nitrogens with zero attached hydrogens (tertiary/aromatic N) is 1. The van der Waals surface area contributed by atoms with Crippen LogP contribution in [0.15, 0.2) is 0 Å². The fourth-order valence-corrected chi connectivity index (χ4v) is 3.22. The van der Waals surface area contributed by atoms with E-state index in [9.17, 15) is 5.11 Å². The molecule has 0 radical (unpaired) electrons. The third kappa shape index (κ3) is 0.679. The van der Waals surface area contributed by atoms with Gasteiger partial charge in [-0.1, -0.05) is 0 Å². The summed E-state index contributed by atoms with van der Waals surface area (Å²) in [6, 6.07) is 1.12. The number of rotatable bonds is 0. The molecule has 3 unspecified atom stereocenters. The zero-order chi connectivity index (χ0) is 8.51. The number of piperidine rings is 1. The molecule has 3 fully saturated rings. The average Bonchev–Trinajstić information content (AvgIpc) is 2.66. The summed E-state index contributed by atoms with van der Waals surface area (Å²) in [5.41, 5.74) is 0. The van der Waals surface area contributed by atoms with E-state index in [0.717, 1.165) is 17.3 Å². The number of quaternary nitrogens is 1. The van der Waals surface area contributed by atoms with Crippen LogP contribution >= 0.6 is 0 Å². The first-order chi connectivity index (χ1) is 5.60. The molecule has 3 nitrogen and oxygen atoms in total. The van der Waals surface area contributed by atoms with E-state index in [1.54, 1.807) is 0 Å². The molecule has 3 rings (SSSR count). The Morgan fingerprint density at radius 2 is 1.67 bits per heavy atom. The Bertz CT molecular complexity index is 209. The molecule has 0 aromatic heterocycles. The highest BCUT2D eigenvalue weighted by molar-refractivity contribution is 5.07.